The Labute approximate surface area is 142 Å². The van der Waals surface area contributed by atoms with Gasteiger partial charge >= 0.3 is 0 Å². The average Bonchev–Trinajstić information content (AvgIpc) is 2.62. The fraction of sp³-hybridized carbons (Fsp3) is 0.368. The molecule has 0 aliphatic carbocycles. The van der Waals surface area contributed by atoms with Gasteiger partial charge in [-0.1, -0.05) is 25.1 Å². The summed E-state index contributed by atoms with van der Waals surface area (Å²) < 4.78 is 24.1. The molecule has 0 amide bonds. The summed E-state index contributed by atoms with van der Waals surface area (Å²) in [5.41, 5.74) is 1.94. The first-order chi connectivity index (χ1) is 11.7. The van der Waals surface area contributed by atoms with Crippen molar-refractivity contribution < 1.29 is 19.0 Å². The lowest BCUT2D eigenvalue weighted by Crippen LogP contribution is -2.31. The molecule has 0 saturated heterocycles. The van der Waals surface area contributed by atoms with Crippen molar-refractivity contribution >= 4 is 0 Å². The number of nitrogens with one attached hydrogen (secondary N) is 1. The van der Waals surface area contributed by atoms with E-state index in [9.17, 15) is 9.50 Å². The van der Waals surface area contributed by atoms with E-state index in [0.717, 1.165) is 17.5 Å². The summed E-state index contributed by atoms with van der Waals surface area (Å²) in [6.07, 6.45) is 0.868. The van der Waals surface area contributed by atoms with E-state index in [0.29, 0.717) is 24.7 Å². The predicted molar refractivity (Wildman–Crippen MR) is 91.7 cm³/mol. The second-order valence-electron chi connectivity index (χ2n) is 5.57. The predicted octanol–water partition coefficient (Wildman–Crippen LogP) is 3.27. The van der Waals surface area contributed by atoms with Crippen LogP contribution >= 0.6 is 0 Å². The van der Waals surface area contributed by atoms with Crippen molar-refractivity contribution in [3.63, 3.8) is 0 Å². The molecule has 4 nitrogen and oxygen atoms in total. The highest BCUT2D eigenvalue weighted by Gasteiger charge is 2.08. The molecule has 24 heavy (non-hydrogen) atoms. The lowest BCUT2D eigenvalue weighted by molar-refractivity contribution is 0.238. The van der Waals surface area contributed by atoms with Crippen molar-refractivity contribution in [1.29, 1.82) is 0 Å². The zero-order chi connectivity index (χ0) is 17.4. The molecule has 2 aromatic rings. The van der Waals surface area contributed by atoms with Crippen LogP contribution in [0.1, 0.15) is 24.5 Å². The van der Waals surface area contributed by atoms with Gasteiger partial charge in [-0.25, -0.2) is 4.39 Å². The van der Waals surface area contributed by atoms with Gasteiger partial charge in [0.15, 0.2) is 11.5 Å². The highest BCUT2D eigenvalue weighted by atomic mass is 19.1. The van der Waals surface area contributed by atoms with Gasteiger partial charge in [-0.15, -0.1) is 0 Å². The van der Waals surface area contributed by atoms with E-state index in [4.69, 9.17) is 9.47 Å². The number of halogens is 1. The molecule has 2 aromatic carbocycles. The van der Waals surface area contributed by atoms with Gasteiger partial charge in [0.2, 0.25) is 0 Å². The van der Waals surface area contributed by atoms with Crippen molar-refractivity contribution in [3.05, 3.63) is 59.4 Å². The maximum atomic E-state index is 12.9. The first-order valence-corrected chi connectivity index (χ1v) is 8.04. The van der Waals surface area contributed by atoms with Crippen LogP contribution in [0.15, 0.2) is 42.5 Å². The van der Waals surface area contributed by atoms with E-state index in [2.05, 4.69) is 5.32 Å². The van der Waals surface area contributed by atoms with Crippen LogP contribution in [0.25, 0.3) is 0 Å². The minimum atomic E-state index is -0.263. The zero-order valence-corrected chi connectivity index (χ0v) is 14.1. The Kier molecular flexibility index (Phi) is 7.03. The Hall–Kier alpha value is -2.11. The fourth-order valence-corrected chi connectivity index (χ4v) is 2.28. The van der Waals surface area contributed by atoms with Gasteiger partial charge in [0.1, 0.15) is 12.4 Å². The maximum Gasteiger partial charge on any atom is 0.161 e. The van der Waals surface area contributed by atoms with Gasteiger partial charge in [-0.05, 0) is 41.8 Å². The summed E-state index contributed by atoms with van der Waals surface area (Å²) in [6, 6.07) is 12.0. The highest BCUT2D eigenvalue weighted by Crippen LogP contribution is 2.29. The molecule has 0 bridgehead atoms. The topological polar surface area (TPSA) is 50.7 Å². The third kappa shape index (κ3) is 5.22. The zero-order valence-electron chi connectivity index (χ0n) is 14.1. The number of rotatable bonds is 9. The smallest absolute Gasteiger partial charge is 0.161 e. The van der Waals surface area contributed by atoms with Crippen LogP contribution in [0, 0.1) is 5.82 Å². The largest absolute Gasteiger partial charge is 0.493 e. The molecule has 0 fully saturated rings. The average molecular weight is 333 g/mol. The quantitative estimate of drug-likeness (QED) is 0.739. The van der Waals surface area contributed by atoms with E-state index in [1.807, 2.05) is 25.1 Å². The Morgan fingerprint density at radius 3 is 2.42 bits per heavy atom. The summed E-state index contributed by atoms with van der Waals surface area (Å²) in [5, 5.41) is 12.5. The summed E-state index contributed by atoms with van der Waals surface area (Å²) >= 11 is 0. The van der Waals surface area contributed by atoms with Crippen LogP contribution in [0.5, 0.6) is 11.5 Å². The third-order valence-electron chi connectivity index (χ3n) is 3.84. The van der Waals surface area contributed by atoms with E-state index < -0.39 is 0 Å². The fourth-order valence-electron chi connectivity index (χ4n) is 2.28. The minimum Gasteiger partial charge on any atom is -0.493 e. The molecule has 1 atom stereocenters. The molecule has 0 saturated carbocycles. The SMILES string of the molecule is CC[C@H](CO)NCc1ccc(OCc2ccc(F)cc2)c(OC)c1. The van der Waals surface area contributed by atoms with Gasteiger partial charge in [-0.3, -0.25) is 0 Å². The molecule has 0 heterocycles. The van der Waals surface area contributed by atoms with Crippen LogP contribution < -0.4 is 14.8 Å². The van der Waals surface area contributed by atoms with Gasteiger partial charge in [0.05, 0.1) is 13.7 Å². The molecule has 2 rings (SSSR count). The number of hydrogen-bond acceptors (Lipinski definition) is 4. The first kappa shape index (κ1) is 18.2. The molecule has 0 aliphatic heterocycles. The molecule has 130 valence electrons. The number of hydrogen-bond donors (Lipinski definition) is 2. The maximum absolute atomic E-state index is 12.9. The summed E-state index contributed by atoms with van der Waals surface area (Å²) in [4.78, 5) is 0. The molecule has 0 radical (unpaired) electrons. The molecule has 0 aliphatic rings. The van der Waals surface area contributed by atoms with E-state index in [-0.39, 0.29) is 18.5 Å². The third-order valence-corrected chi connectivity index (χ3v) is 3.84. The standard InChI is InChI=1S/C19H24FNO3/c1-3-17(12-22)21-11-15-6-9-18(19(10-15)23-2)24-13-14-4-7-16(20)8-5-14/h4-10,17,21-22H,3,11-13H2,1-2H3/t17-/m1/s1. The molecule has 5 heteroatoms. The monoisotopic (exact) mass is 333 g/mol. The van der Waals surface area contributed by atoms with Crippen molar-refractivity contribution in [2.24, 2.45) is 0 Å². The van der Waals surface area contributed by atoms with E-state index in [1.165, 1.54) is 12.1 Å². The molecule has 2 N–H and O–H groups in total. The van der Waals surface area contributed by atoms with Crippen LogP contribution in [0.4, 0.5) is 4.39 Å². The summed E-state index contributed by atoms with van der Waals surface area (Å²) in [5.74, 6) is 1.02. The molecule has 0 unspecified atom stereocenters. The van der Waals surface area contributed by atoms with Gasteiger partial charge < -0.3 is 19.9 Å². The summed E-state index contributed by atoms with van der Waals surface area (Å²) in [6.45, 7) is 3.14. The Bertz CT molecular complexity index is 627. The van der Waals surface area contributed by atoms with Crippen LogP contribution in [0.3, 0.4) is 0 Å². The molecule has 0 spiro atoms. The Morgan fingerprint density at radius 1 is 1.08 bits per heavy atom. The van der Waals surface area contributed by atoms with Gasteiger partial charge in [0.25, 0.3) is 0 Å². The normalized spacial score (nSPS) is 12.0. The lowest BCUT2D eigenvalue weighted by Gasteiger charge is -2.16. The van der Waals surface area contributed by atoms with Gasteiger partial charge in [0, 0.05) is 12.6 Å². The van der Waals surface area contributed by atoms with E-state index in [1.54, 1.807) is 19.2 Å². The molecular weight excluding hydrogens is 309 g/mol. The Morgan fingerprint density at radius 2 is 1.79 bits per heavy atom. The van der Waals surface area contributed by atoms with E-state index >= 15 is 0 Å². The number of benzene rings is 2. The van der Waals surface area contributed by atoms with Gasteiger partial charge in [-0.2, -0.15) is 0 Å². The highest BCUT2D eigenvalue weighted by molar-refractivity contribution is 5.43. The number of ether oxygens (including phenoxy) is 2. The van der Waals surface area contributed by atoms with Crippen molar-refractivity contribution in [3.8, 4) is 11.5 Å². The van der Waals surface area contributed by atoms with Crippen LogP contribution in [-0.2, 0) is 13.2 Å². The number of aliphatic hydroxyl groups is 1. The second kappa shape index (κ2) is 9.25. The lowest BCUT2D eigenvalue weighted by atomic mass is 10.1. The van der Waals surface area contributed by atoms with Crippen LogP contribution in [0.2, 0.25) is 0 Å². The minimum absolute atomic E-state index is 0.0883. The first-order valence-electron chi connectivity index (χ1n) is 8.04. The van der Waals surface area contributed by atoms with Crippen molar-refractivity contribution in [1.82, 2.24) is 5.32 Å². The summed E-state index contributed by atoms with van der Waals surface area (Å²) in [7, 11) is 1.60. The van der Waals surface area contributed by atoms with Crippen LogP contribution in [-0.4, -0.2) is 24.9 Å². The van der Waals surface area contributed by atoms with Crippen molar-refractivity contribution in [2.75, 3.05) is 13.7 Å². The Balaban J connectivity index is 1.99. The number of aliphatic hydroxyl groups excluding tert-OH is 1. The molecular formula is C19H24FNO3. The second-order valence-corrected chi connectivity index (χ2v) is 5.57. The van der Waals surface area contributed by atoms with Crippen molar-refractivity contribution in [2.45, 2.75) is 32.5 Å². The number of methoxy groups -OCH3 is 1. The molecule has 0 aromatic heterocycles.